The summed E-state index contributed by atoms with van der Waals surface area (Å²) in [5, 5.41) is 2.75. The van der Waals surface area contributed by atoms with Gasteiger partial charge in [0.05, 0.1) is 13.2 Å². The van der Waals surface area contributed by atoms with Gasteiger partial charge in [-0.25, -0.2) is 9.38 Å². The lowest BCUT2D eigenvalue weighted by Gasteiger charge is -2.39. The molecule has 0 unspecified atom stereocenters. The largest absolute Gasteiger partial charge is 0.496 e. The lowest BCUT2D eigenvalue weighted by Crippen LogP contribution is -2.44. The van der Waals surface area contributed by atoms with Crippen LogP contribution in [0.2, 0.25) is 0 Å². The Hall–Kier alpha value is -2.45. The molecule has 8 heteroatoms. The maximum atomic E-state index is 15.0. The Bertz CT molecular complexity index is 1230. The summed E-state index contributed by atoms with van der Waals surface area (Å²) in [4.78, 5) is 20.8. The third kappa shape index (κ3) is 8.81. The lowest BCUT2D eigenvalue weighted by atomic mass is 9.89. The highest BCUT2D eigenvalue weighted by molar-refractivity contribution is 9.10. The van der Waals surface area contributed by atoms with Crippen molar-refractivity contribution in [2.24, 2.45) is 22.6 Å². The number of nitrogens with two attached hydrogens (primary N) is 1. The molecule has 0 aliphatic heterocycles. The van der Waals surface area contributed by atoms with E-state index in [4.69, 9.17) is 15.5 Å². The second-order valence-corrected chi connectivity index (χ2v) is 13.8. The number of hydrogen-bond donors (Lipinski definition) is 2. The van der Waals surface area contributed by atoms with Gasteiger partial charge in [0.25, 0.3) is 5.91 Å². The molecular weight excluding hydrogens is 607 g/mol. The summed E-state index contributed by atoms with van der Waals surface area (Å²) in [6.45, 7) is 2.52. The highest BCUT2D eigenvalue weighted by Crippen LogP contribution is 2.33. The molecule has 0 atom stereocenters. The van der Waals surface area contributed by atoms with Crippen molar-refractivity contribution >= 4 is 27.8 Å². The number of methoxy groups -OCH3 is 1. The summed E-state index contributed by atoms with van der Waals surface area (Å²) in [6, 6.07) is 11.1. The average molecular weight is 656 g/mol. The first-order chi connectivity index (χ1) is 20.9. The zero-order valence-electron chi connectivity index (χ0n) is 25.6. The van der Waals surface area contributed by atoms with Gasteiger partial charge in [-0.2, -0.15) is 0 Å². The van der Waals surface area contributed by atoms with Gasteiger partial charge in [-0.05, 0) is 112 Å². The Balaban J connectivity index is 1.17. The van der Waals surface area contributed by atoms with Crippen LogP contribution >= 0.6 is 15.9 Å². The number of carbonyl (C=O) groups excluding carboxylic acids is 1. The van der Waals surface area contributed by atoms with Gasteiger partial charge in [0.2, 0.25) is 0 Å². The zero-order valence-corrected chi connectivity index (χ0v) is 27.2. The summed E-state index contributed by atoms with van der Waals surface area (Å²) in [6.07, 6.45) is 16.2. The summed E-state index contributed by atoms with van der Waals surface area (Å²) >= 11 is 3.49. The van der Waals surface area contributed by atoms with Gasteiger partial charge in [0.1, 0.15) is 11.6 Å². The molecule has 6 nitrogen and oxygen atoms in total. The number of hydrogen-bond acceptors (Lipinski definition) is 4. The van der Waals surface area contributed by atoms with E-state index in [1.54, 1.807) is 19.2 Å². The molecule has 3 N–H and O–H groups in total. The van der Waals surface area contributed by atoms with Crippen LogP contribution in [-0.2, 0) is 12.8 Å². The Labute approximate surface area is 265 Å². The van der Waals surface area contributed by atoms with Crippen molar-refractivity contribution in [1.29, 1.82) is 0 Å². The molecule has 2 aromatic rings. The highest BCUT2D eigenvalue weighted by Gasteiger charge is 2.31. The molecule has 0 heterocycles. The summed E-state index contributed by atoms with van der Waals surface area (Å²) in [7, 11) is 1.62. The Kier molecular flexibility index (Phi) is 11.5. The SMILES string of the molecule is COc1ccc(Br)cc1CCc1c(F)cccc1C(=O)NC(N)=NC1CCC(N(CC2CCCC2)CC2CCCC2)CC1. The number of benzene rings is 2. The Morgan fingerprint density at radius 1 is 0.977 bits per heavy atom. The minimum absolute atomic E-state index is 0.104. The van der Waals surface area contributed by atoms with Gasteiger partial charge in [-0.3, -0.25) is 15.0 Å². The van der Waals surface area contributed by atoms with Gasteiger partial charge in [0, 0.05) is 34.7 Å². The van der Waals surface area contributed by atoms with E-state index in [1.807, 2.05) is 18.2 Å². The van der Waals surface area contributed by atoms with Crippen LogP contribution in [0.15, 0.2) is 45.9 Å². The van der Waals surface area contributed by atoms with E-state index < -0.39 is 11.7 Å². The number of nitrogens with zero attached hydrogens (tertiary/aromatic N) is 2. The normalized spacial score (nSPS) is 21.9. The molecular formula is C35H48BrFN4O2. The van der Waals surface area contributed by atoms with Crippen molar-refractivity contribution in [3.05, 3.63) is 63.4 Å². The fourth-order valence-electron chi connectivity index (χ4n) is 7.61. The van der Waals surface area contributed by atoms with Crippen LogP contribution in [-0.4, -0.2) is 49.0 Å². The standard InChI is InChI=1S/C35H48BrFN4O2/c1-43-33-20-14-27(36)21-26(33)13-19-30-31(11-6-12-32(30)37)34(42)40-35(38)39-28-15-17-29(18-16-28)41(22-24-7-2-3-8-24)23-25-9-4-5-10-25/h6,11-12,14,20-21,24-25,28-29H,2-5,7-10,13,15-19,22-23H2,1H3,(H3,38,39,40,42). The van der Waals surface area contributed by atoms with E-state index in [1.165, 1.54) is 70.5 Å². The van der Waals surface area contributed by atoms with Crippen LogP contribution in [0.1, 0.15) is 98.5 Å². The van der Waals surface area contributed by atoms with E-state index in [0.29, 0.717) is 24.4 Å². The number of rotatable bonds is 11. The molecule has 2 aromatic carbocycles. The quantitative estimate of drug-likeness (QED) is 0.195. The molecule has 1 amide bonds. The third-order valence-corrected chi connectivity index (χ3v) is 10.4. The summed E-state index contributed by atoms with van der Waals surface area (Å²) in [5.41, 5.74) is 7.84. The number of aryl methyl sites for hydroxylation is 1. The highest BCUT2D eigenvalue weighted by atomic mass is 79.9. The Morgan fingerprint density at radius 3 is 2.26 bits per heavy atom. The molecule has 0 radical (unpaired) electrons. The van der Waals surface area contributed by atoms with Crippen molar-refractivity contribution in [3.63, 3.8) is 0 Å². The molecule has 3 fully saturated rings. The van der Waals surface area contributed by atoms with E-state index in [-0.39, 0.29) is 17.6 Å². The maximum Gasteiger partial charge on any atom is 0.258 e. The topological polar surface area (TPSA) is 79.9 Å². The molecule has 0 aromatic heterocycles. The number of nitrogens with one attached hydrogen (secondary N) is 1. The molecule has 3 aliphatic carbocycles. The molecule has 234 valence electrons. The first-order valence-corrected chi connectivity index (χ1v) is 17.2. The predicted octanol–water partition coefficient (Wildman–Crippen LogP) is 7.42. The first-order valence-electron chi connectivity index (χ1n) is 16.4. The van der Waals surface area contributed by atoms with Crippen molar-refractivity contribution < 1.29 is 13.9 Å². The van der Waals surface area contributed by atoms with Gasteiger partial charge in [-0.1, -0.05) is 47.7 Å². The second kappa shape index (κ2) is 15.5. The Morgan fingerprint density at radius 2 is 1.63 bits per heavy atom. The van der Waals surface area contributed by atoms with E-state index in [2.05, 4.69) is 26.1 Å². The number of carbonyl (C=O) groups is 1. The number of amides is 1. The molecule has 5 rings (SSSR count). The summed E-state index contributed by atoms with van der Waals surface area (Å²) < 4.78 is 21.3. The third-order valence-electron chi connectivity index (χ3n) is 9.93. The fourth-order valence-corrected chi connectivity index (χ4v) is 8.02. The molecule has 0 saturated heterocycles. The molecule has 0 spiro atoms. The predicted molar refractivity (Wildman–Crippen MR) is 175 cm³/mol. The minimum atomic E-state index is -0.426. The van der Waals surface area contributed by atoms with E-state index in [0.717, 1.165) is 53.3 Å². The van der Waals surface area contributed by atoms with Crippen LogP contribution in [0.5, 0.6) is 5.75 Å². The second-order valence-electron chi connectivity index (χ2n) is 12.9. The van der Waals surface area contributed by atoms with Crippen LogP contribution < -0.4 is 15.8 Å². The number of aliphatic imine (C=N–C) groups is 1. The smallest absolute Gasteiger partial charge is 0.258 e. The average Bonchev–Trinajstić information content (AvgIpc) is 3.71. The van der Waals surface area contributed by atoms with Gasteiger partial charge in [0.15, 0.2) is 5.96 Å². The molecule has 3 aliphatic rings. The van der Waals surface area contributed by atoms with Crippen LogP contribution in [0.4, 0.5) is 4.39 Å². The van der Waals surface area contributed by atoms with E-state index in [9.17, 15) is 9.18 Å². The van der Waals surface area contributed by atoms with E-state index >= 15 is 0 Å². The lowest BCUT2D eigenvalue weighted by molar-refractivity contribution is 0.0974. The van der Waals surface area contributed by atoms with Crippen LogP contribution in [0.3, 0.4) is 0 Å². The van der Waals surface area contributed by atoms with Crippen LogP contribution in [0, 0.1) is 17.7 Å². The molecule has 43 heavy (non-hydrogen) atoms. The zero-order chi connectivity index (χ0) is 30.2. The van der Waals surface area contributed by atoms with Crippen molar-refractivity contribution in [2.45, 2.75) is 102 Å². The summed E-state index contributed by atoms with van der Waals surface area (Å²) in [5.74, 6) is 1.75. The number of halogens is 2. The monoisotopic (exact) mass is 654 g/mol. The van der Waals surface area contributed by atoms with Gasteiger partial charge >= 0.3 is 0 Å². The van der Waals surface area contributed by atoms with Crippen LogP contribution in [0.25, 0.3) is 0 Å². The maximum absolute atomic E-state index is 15.0. The van der Waals surface area contributed by atoms with Gasteiger partial charge < -0.3 is 10.5 Å². The first kappa shape index (κ1) is 32.0. The number of guanidine groups is 1. The van der Waals surface area contributed by atoms with Crippen molar-refractivity contribution in [3.8, 4) is 5.75 Å². The van der Waals surface area contributed by atoms with Crippen molar-refractivity contribution in [1.82, 2.24) is 10.2 Å². The van der Waals surface area contributed by atoms with Crippen molar-refractivity contribution in [2.75, 3.05) is 20.2 Å². The molecule has 0 bridgehead atoms. The molecule has 3 saturated carbocycles. The van der Waals surface area contributed by atoms with Gasteiger partial charge in [-0.15, -0.1) is 0 Å². The fraction of sp³-hybridized carbons (Fsp3) is 0.600. The minimum Gasteiger partial charge on any atom is -0.496 e. The number of ether oxygens (including phenoxy) is 1.